The number of rotatable bonds is 12. The Hall–Kier alpha value is -1.61. The predicted octanol–water partition coefficient (Wildman–Crippen LogP) is 5.59. The van der Waals surface area contributed by atoms with Crippen LogP contribution in [0.1, 0.15) is 70.2 Å². The number of hydrogen-bond donors (Lipinski definition) is 0. The van der Waals surface area contributed by atoms with Crippen molar-refractivity contribution in [3.8, 4) is 5.75 Å². The molecule has 0 saturated heterocycles. The average Bonchev–Trinajstić information content (AvgIpc) is 2.60. The molecule has 0 aliphatic carbocycles. The van der Waals surface area contributed by atoms with Crippen LogP contribution in [0.3, 0.4) is 0 Å². The smallest absolute Gasteiger partial charge is 0.162 e. The molecular formula is C21H32O3. The lowest BCUT2D eigenvalue weighted by Crippen LogP contribution is -2.08. The van der Waals surface area contributed by atoms with Gasteiger partial charge < -0.3 is 9.47 Å². The number of hydrogen-bond acceptors (Lipinski definition) is 3. The normalized spacial score (nSPS) is 12.9. The van der Waals surface area contributed by atoms with Crippen molar-refractivity contribution in [2.24, 2.45) is 0 Å². The summed E-state index contributed by atoms with van der Waals surface area (Å²) in [5, 5.41) is 0. The minimum absolute atomic E-state index is 0.193. The molecule has 0 bridgehead atoms. The zero-order valence-electron chi connectivity index (χ0n) is 15.6. The minimum Gasteiger partial charge on any atom is -0.490 e. The largest absolute Gasteiger partial charge is 0.490 e. The van der Waals surface area contributed by atoms with Crippen molar-refractivity contribution in [3.05, 3.63) is 41.5 Å². The molecule has 0 heterocycles. The molecule has 1 aromatic rings. The maximum Gasteiger partial charge on any atom is 0.162 e. The molecule has 0 fully saturated rings. The maximum absolute atomic E-state index is 11.8. The summed E-state index contributed by atoms with van der Waals surface area (Å²) in [6.07, 6.45) is 6.95. The Balaban J connectivity index is 2.42. The SMILES string of the molecule is CCCC(=O)c1ccc(OCC=C(CC)CCOC(C)CC)cc1. The Labute approximate surface area is 147 Å². The third-order valence-electron chi connectivity index (χ3n) is 4.13. The van der Waals surface area contributed by atoms with Crippen molar-refractivity contribution in [1.29, 1.82) is 0 Å². The summed E-state index contributed by atoms with van der Waals surface area (Å²) >= 11 is 0. The summed E-state index contributed by atoms with van der Waals surface area (Å²) in [7, 11) is 0. The van der Waals surface area contributed by atoms with E-state index in [9.17, 15) is 4.79 Å². The van der Waals surface area contributed by atoms with E-state index < -0.39 is 0 Å². The van der Waals surface area contributed by atoms with Gasteiger partial charge in [-0.25, -0.2) is 0 Å². The summed E-state index contributed by atoms with van der Waals surface area (Å²) in [5.74, 6) is 0.990. The second-order valence-electron chi connectivity index (χ2n) is 6.06. The van der Waals surface area contributed by atoms with E-state index >= 15 is 0 Å². The first kappa shape index (κ1) is 20.4. The van der Waals surface area contributed by atoms with E-state index in [0.29, 0.717) is 19.1 Å². The number of Topliss-reactive ketones (excluding diaryl/α,β-unsaturated/α-hetero) is 1. The molecule has 1 unspecified atom stereocenters. The molecule has 1 aromatic carbocycles. The fourth-order valence-electron chi connectivity index (χ4n) is 2.30. The van der Waals surface area contributed by atoms with Crippen LogP contribution in [0.4, 0.5) is 0 Å². The van der Waals surface area contributed by atoms with E-state index in [-0.39, 0.29) is 5.78 Å². The van der Waals surface area contributed by atoms with Gasteiger partial charge in [0.05, 0.1) is 12.7 Å². The Kier molecular flexibility index (Phi) is 10.1. The number of benzene rings is 1. The van der Waals surface area contributed by atoms with Gasteiger partial charge in [0.2, 0.25) is 0 Å². The van der Waals surface area contributed by atoms with Crippen molar-refractivity contribution in [3.63, 3.8) is 0 Å². The van der Waals surface area contributed by atoms with Gasteiger partial charge in [-0.1, -0.05) is 26.3 Å². The molecule has 0 aliphatic heterocycles. The highest BCUT2D eigenvalue weighted by Gasteiger charge is 2.04. The molecule has 0 aromatic heterocycles. The lowest BCUT2D eigenvalue weighted by atomic mass is 10.1. The Morgan fingerprint density at radius 2 is 1.83 bits per heavy atom. The summed E-state index contributed by atoms with van der Waals surface area (Å²) in [5.41, 5.74) is 2.12. The van der Waals surface area contributed by atoms with Gasteiger partial charge in [0.1, 0.15) is 12.4 Å². The lowest BCUT2D eigenvalue weighted by molar-refractivity contribution is 0.0656. The number of ketones is 1. The van der Waals surface area contributed by atoms with Crippen LogP contribution in [-0.4, -0.2) is 25.1 Å². The van der Waals surface area contributed by atoms with Gasteiger partial charge in [-0.2, -0.15) is 0 Å². The topological polar surface area (TPSA) is 35.5 Å². The molecule has 3 nitrogen and oxygen atoms in total. The van der Waals surface area contributed by atoms with Gasteiger partial charge in [-0.3, -0.25) is 4.79 Å². The van der Waals surface area contributed by atoms with Crippen molar-refractivity contribution < 1.29 is 14.3 Å². The molecule has 0 N–H and O–H groups in total. The lowest BCUT2D eigenvalue weighted by Gasteiger charge is -2.12. The van der Waals surface area contributed by atoms with E-state index in [1.54, 1.807) is 0 Å². The molecule has 1 rings (SSSR count). The summed E-state index contributed by atoms with van der Waals surface area (Å²) < 4.78 is 11.5. The highest BCUT2D eigenvalue weighted by atomic mass is 16.5. The second-order valence-corrected chi connectivity index (χ2v) is 6.06. The first-order chi connectivity index (χ1) is 11.6. The molecule has 3 heteroatoms. The zero-order valence-corrected chi connectivity index (χ0v) is 15.6. The summed E-state index contributed by atoms with van der Waals surface area (Å²) in [6.45, 7) is 9.73. The van der Waals surface area contributed by atoms with Crippen molar-refractivity contribution in [2.75, 3.05) is 13.2 Å². The molecule has 24 heavy (non-hydrogen) atoms. The van der Waals surface area contributed by atoms with Crippen LogP contribution in [0.5, 0.6) is 5.75 Å². The highest BCUT2D eigenvalue weighted by Crippen LogP contribution is 2.15. The van der Waals surface area contributed by atoms with Crippen molar-refractivity contribution in [2.45, 2.75) is 65.9 Å². The Morgan fingerprint density at radius 3 is 2.42 bits per heavy atom. The van der Waals surface area contributed by atoms with E-state index in [0.717, 1.165) is 43.6 Å². The molecular weight excluding hydrogens is 300 g/mol. The zero-order chi connectivity index (χ0) is 17.8. The summed E-state index contributed by atoms with van der Waals surface area (Å²) in [6, 6.07) is 7.43. The predicted molar refractivity (Wildman–Crippen MR) is 99.9 cm³/mol. The van der Waals surface area contributed by atoms with Gasteiger partial charge in [0, 0.05) is 12.0 Å². The van der Waals surface area contributed by atoms with Gasteiger partial charge in [-0.15, -0.1) is 0 Å². The van der Waals surface area contributed by atoms with E-state index in [4.69, 9.17) is 9.47 Å². The standard InChI is InChI=1S/C21H32O3/c1-5-8-21(22)19-9-11-20(12-10-19)24-16-14-18(7-3)13-15-23-17(4)6-2/h9-12,14,17H,5-8,13,15-16H2,1-4H3. The second kappa shape index (κ2) is 11.9. The highest BCUT2D eigenvalue weighted by molar-refractivity contribution is 5.96. The van der Waals surface area contributed by atoms with E-state index in [1.165, 1.54) is 5.57 Å². The monoisotopic (exact) mass is 332 g/mol. The van der Waals surface area contributed by atoms with Crippen LogP contribution in [0, 0.1) is 0 Å². The first-order valence-electron chi connectivity index (χ1n) is 9.16. The van der Waals surface area contributed by atoms with Crippen molar-refractivity contribution in [1.82, 2.24) is 0 Å². The molecule has 0 radical (unpaired) electrons. The van der Waals surface area contributed by atoms with Gasteiger partial charge >= 0.3 is 0 Å². The molecule has 0 saturated carbocycles. The van der Waals surface area contributed by atoms with Crippen LogP contribution in [0.2, 0.25) is 0 Å². The van der Waals surface area contributed by atoms with Crippen molar-refractivity contribution >= 4 is 5.78 Å². The molecule has 0 spiro atoms. The fraction of sp³-hybridized carbons (Fsp3) is 0.571. The average molecular weight is 332 g/mol. The van der Waals surface area contributed by atoms with Crippen LogP contribution < -0.4 is 4.74 Å². The third kappa shape index (κ3) is 7.78. The summed E-state index contributed by atoms with van der Waals surface area (Å²) in [4.78, 5) is 11.8. The third-order valence-corrected chi connectivity index (χ3v) is 4.13. The molecule has 134 valence electrons. The van der Waals surface area contributed by atoms with E-state index in [2.05, 4.69) is 26.8 Å². The number of carbonyl (C=O) groups excluding carboxylic acids is 1. The first-order valence-corrected chi connectivity index (χ1v) is 9.16. The van der Waals surface area contributed by atoms with Crippen LogP contribution >= 0.6 is 0 Å². The van der Waals surface area contributed by atoms with Gasteiger partial charge in [0.15, 0.2) is 5.78 Å². The van der Waals surface area contributed by atoms with Crippen LogP contribution in [0.15, 0.2) is 35.9 Å². The minimum atomic E-state index is 0.193. The number of carbonyl (C=O) groups is 1. The van der Waals surface area contributed by atoms with Gasteiger partial charge in [0.25, 0.3) is 0 Å². The van der Waals surface area contributed by atoms with Gasteiger partial charge in [-0.05, 0) is 62.9 Å². The van der Waals surface area contributed by atoms with E-state index in [1.807, 2.05) is 31.2 Å². The molecule has 0 aliphatic rings. The molecule has 1 atom stereocenters. The fourth-order valence-corrected chi connectivity index (χ4v) is 2.30. The Bertz CT molecular complexity index is 502. The number of ether oxygens (including phenoxy) is 2. The van der Waals surface area contributed by atoms with Crippen LogP contribution in [0.25, 0.3) is 0 Å². The maximum atomic E-state index is 11.8. The molecule has 0 amide bonds. The quantitative estimate of drug-likeness (QED) is 0.370. The Morgan fingerprint density at radius 1 is 1.12 bits per heavy atom. The van der Waals surface area contributed by atoms with Crippen LogP contribution in [-0.2, 0) is 4.74 Å².